The molecule has 2 aromatic rings. The van der Waals surface area contributed by atoms with Crippen molar-refractivity contribution in [3.05, 3.63) is 65.6 Å². The molecule has 5 heteroatoms. The Morgan fingerprint density at radius 2 is 2.05 bits per heavy atom. The molecule has 0 aliphatic rings. The summed E-state index contributed by atoms with van der Waals surface area (Å²) in [6.45, 7) is 0.379. The van der Waals surface area contributed by atoms with Crippen LogP contribution in [0.3, 0.4) is 0 Å². The van der Waals surface area contributed by atoms with Crippen molar-refractivity contribution in [3.63, 3.8) is 0 Å². The van der Waals surface area contributed by atoms with Crippen molar-refractivity contribution in [1.29, 1.82) is 0 Å². The molecule has 1 aromatic carbocycles. The number of hydrogen-bond acceptors (Lipinski definition) is 3. The van der Waals surface area contributed by atoms with Crippen LogP contribution in [0.5, 0.6) is 5.88 Å². The number of pyridine rings is 1. The first-order valence-electron chi connectivity index (χ1n) is 6.38. The number of nitrogens with zero attached hydrogens (tertiary/aromatic N) is 1. The molecule has 0 radical (unpaired) electrons. The number of methoxy groups -OCH3 is 1. The molecule has 0 bridgehead atoms. The van der Waals surface area contributed by atoms with Crippen molar-refractivity contribution in [3.8, 4) is 5.88 Å². The molecule has 0 saturated heterocycles. The molecule has 0 aliphatic heterocycles. The van der Waals surface area contributed by atoms with Crippen molar-refractivity contribution in [1.82, 2.24) is 10.3 Å². The van der Waals surface area contributed by atoms with E-state index in [0.717, 1.165) is 11.1 Å². The molecular weight excluding hydrogens is 271 g/mol. The average molecular weight is 286 g/mol. The second-order valence-corrected chi connectivity index (χ2v) is 4.31. The molecule has 21 heavy (non-hydrogen) atoms. The minimum Gasteiger partial charge on any atom is -0.481 e. The molecular formula is C16H15FN2O2. The van der Waals surface area contributed by atoms with Gasteiger partial charge in [-0.3, -0.25) is 4.79 Å². The quantitative estimate of drug-likeness (QED) is 0.859. The summed E-state index contributed by atoms with van der Waals surface area (Å²) >= 11 is 0. The first kappa shape index (κ1) is 14.7. The summed E-state index contributed by atoms with van der Waals surface area (Å²) in [5.74, 6) is 0.0000301. The van der Waals surface area contributed by atoms with E-state index < -0.39 is 0 Å². The lowest BCUT2D eigenvalue weighted by atomic mass is 10.2. The maximum atomic E-state index is 12.7. The molecule has 0 atom stereocenters. The largest absolute Gasteiger partial charge is 0.481 e. The van der Waals surface area contributed by atoms with E-state index in [1.54, 1.807) is 37.6 Å². The van der Waals surface area contributed by atoms with Crippen LogP contribution in [0.1, 0.15) is 11.1 Å². The fourth-order valence-electron chi connectivity index (χ4n) is 1.63. The molecule has 108 valence electrons. The standard InChI is InChI=1S/C16H15FN2O2/c1-21-16-9-5-13(11-19-16)10-18-15(20)8-4-12-2-6-14(17)7-3-12/h2-9,11H,10H2,1H3,(H,18,20)/b8-4+. The van der Waals surface area contributed by atoms with Crippen LogP contribution in [-0.4, -0.2) is 18.0 Å². The van der Waals surface area contributed by atoms with Crippen molar-refractivity contribution in [2.24, 2.45) is 0 Å². The Kier molecular flexibility index (Phi) is 5.04. The van der Waals surface area contributed by atoms with Gasteiger partial charge in [0.2, 0.25) is 11.8 Å². The number of aromatic nitrogens is 1. The third kappa shape index (κ3) is 4.72. The number of benzene rings is 1. The molecule has 1 heterocycles. The zero-order chi connectivity index (χ0) is 15.1. The molecule has 0 fully saturated rings. The van der Waals surface area contributed by atoms with Crippen LogP contribution in [0.25, 0.3) is 6.08 Å². The van der Waals surface area contributed by atoms with Gasteiger partial charge in [-0.25, -0.2) is 9.37 Å². The van der Waals surface area contributed by atoms with Gasteiger partial charge in [0.15, 0.2) is 0 Å². The van der Waals surface area contributed by atoms with E-state index in [4.69, 9.17) is 4.74 Å². The number of amides is 1. The van der Waals surface area contributed by atoms with Crippen LogP contribution in [0, 0.1) is 5.82 Å². The molecule has 1 N–H and O–H groups in total. The fourth-order valence-corrected chi connectivity index (χ4v) is 1.63. The van der Waals surface area contributed by atoms with Crippen molar-refractivity contribution in [2.45, 2.75) is 6.54 Å². The Balaban J connectivity index is 1.85. The SMILES string of the molecule is COc1ccc(CNC(=O)/C=C/c2ccc(F)cc2)cn1. The third-order valence-electron chi connectivity index (χ3n) is 2.77. The van der Waals surface area contributed by atoms with Gasteiger partial charge in [0.05, 0.1) is 7.11 Å². The van der Waals surface area contributed by atoms with Gasteiger partial charge in [0.25, 0.3) is 0 Å². The summed E-state index contributed by atoms with van der Waals surface area (Å²) in [5.41, 5.74) is 1.64. The third-order valence-corrected chi connectivity index (χ3v) is 2.77. The van der Waals surface area contributed by atoms with E-state index in [9.17, 15) is 9.18 Å². The molecule has 0 unspecified atom stereocenters. The second kappa shape index (κ2) is 7.19. The molecule has 2 rings (SSSR count). The number of carbonyl (C=O) groups is 1. The zero-order valence-corrected chi connectivity index (χ0v) is 11.5. The Morgan fingerprint density at radius 1 is 1.29 bits per heavy atom. The van der Waals surface area contributed by atoms with Crippen LogP contribution < -0.4 is 10.1 Å². The van der Waals surface area contributed by atoms with Gasteiger partial charge < -0.3 is 10.1 Å². The van der Waals surface area contributed by atoms with E-state index in [1.165, 1.54) is 18.2 Å². The van der Waals surface area contributed by atoms with E-state index in [2.05, 4.69) is 10.3 Å². The first-order valence-corrected chi connectivity index (χ1v) is 6.38. The Labute approximate surface area is 122 Å². The summed E-state index contributed by atoms with van der Waals surface area (Å²) in [6.07, 6.45) is 4.67. The van der Waals surface area contributed by atoms with E-state index >= 15 is 0 Å². The van der Waals surface area contributed by atoms with Crippen molar-refractivity contribution >= 4 is 12.0 Å². The monoisotopic (exact) mass is 286 g/mol. The minimum atomic E-state index is -0.302. The number of rotatable bonds is 5. The van der Waals surface area contributed by atoms with Crippen molar-refractivity contribution in [2.75, 3.05) is 7.11 Å². The van der Waals surface area contributed by atoms with Gasteiger partial charge >= 0.3 is 0 Å². The fraction of sp³-hybridized carbons (Fsp3) is 0.125. The number of halogens is 1. The summed E-state index contributed by atoms with van der Waals surface area (Å²) in [5, 5.41) is 2.74. The number of ether oxygens (including phenoxy) is 1. The first-order chi connectivity index (χ1) is 10.2. The highest BCUT2D eigenvalue weighted by molar-refractivity contribution is 5.91. The predicted octanol–water partition coefficient (Wildman–Crippen LogP) is 2.56. The van der Waals surface area contributed by atoms with Gasteiger partial charge in [-0.05, 0) is 29.3 Å². The van der Waals surface area contributed by atoms with Crippen LogP contribution in [0.15, 0.2) is 48.7 Å². The molecule has 4 nitrogen and oxygen atoms in total. The Hall–Kier alpha value is -2.69. The lowest BCUT2D eigenvalue weighted by Gasteiger charge is -2.03. The number of hydrogen-bond donors (Lipinski definition) is 1. The number of carbonyl (C=O) groups excluding carboxylic acids is 1. The van der Waals surface area contributed by atoms with Gasteiger partial charge in [-0.1, -0.05) is 18.2 Å². The lowest BCUT2D eigenvalue weighted by Crippen LogP contribution is -2.20. The van der Waals surface area contributed by atoms with Crippen LogP contribution >= 0.6 is 0 Å². The van der Waals surface area contributed by atoms with E-state index in [1.807, 2.05) is 6.07 Å². The second-order valence-electron chi connectivity index (χ2n) is 4.31. The Morgan fingerprint density at radius 3 is 2.67 bits per heavy atom. The van der Waals surface area contributed by atoms with E-state index in [0.29, 0.717) is 12.4 Å². The summed E-state index contributed by atoms with van der Waals surface area (Å²) in [4.78, 5) is 15.7. The van der Waals surface area contributed by atoms with Crippen molar-refractivity contribution < 1.29 is 13.9 Å². The average Bonchev–Trinajstić information content (AvgIpc) is 2.53. The van der Waals surface area contributed by atoms with Gasteiger partial charge in [-0.15, -0.1) is 0 Å². The summed E-state index contributed by atoms with van der Waals surface area (Å²) in [7, 11) is 1.55. The highest BCUT2D eigenvalue weighted by atomic mass is 19.1. The van der Waals surface area contributed by atoms with Crippen LogP contribution in [0.4, 0.5) is 4.39 Å². The maximum absolute atomic E-state index is 12.7. The molecule has 0 spiro atoms. The summed E-state index contributed by atoms with van der Waals surface area (Å²) < 4.78 is 17.7. The highest BCUT2D eigenvalue weighted by Gasteiger charge is 1.98. The topological polar surface area (TPSA) is 51.2 Å². The lowest BCUT2D eigenvalue weighted by molar-refractivity contribution is -0.116. The zero-order valence-electron chi connectivity index (χ0n) is 11.5. The maximum Gasteiger partial charge on any atom is 0.244 e. The minimum absolute atomic E-state index is 0.227. The highest BCUT2D eigenvalue weighted by Crippen LogP contribution is 2.07. The van der Waals surface area contributed by atoms with Crippen LogP contribution in [-0.2, 0) is 11.3 Å². The predicted molar refractivity (Wildman–Crippen MR) is 78.1 cm³/mol. The van der Waals surface area contributed by atoms with Gasteiger partial charge in [0, 0.05) is 24.9 Å². The van der Waals surface area contributed by atoms with E-state index in [-0.39, 0.29) is 11.7 Å². The smallest absolute Gasteiger partial charge is 0.244 e. The van der Waals surface area contributed by atoms with Gasteiger partial charge in [0.1, 0.15) is 5.82 Å². The summed E-state index contributed by atoms with van der Waals surface area (Å²) in [6, 6.07) is 9.46. The Bertz CT molecular complexity index is 622. The number of nitrogens with one attached hydrogen (secondary N) is 1. The molecule has 1 amide bonds. The normalized spacial score (nSPS) is 10.6. The molecule has 0 saturated carbocycles. The molecule has 0 aliphatic carbocycles. The molecule has 1 aromatic heterocycles. The van der Waals surface area contributed by atoms with Gasteiger partial charge in [-0.2, -0.15) is 0 Å². The van der Waals surface area contributed by atoms with Crippen LogP contribution in [0.2, 0.25) is 0 Å².